The summed E-state index contributed by atoms with van der Waals surface area (Å²) >= 11 is 0. The quantitative estimate of drug-likeness (QED) is 0.328. The van der Waals surface area contributed by atoms with Crippen molar-refractivity contribution in [1.29, 1.82) is 0 Å². The summed E-state index contributed by atoms with van der Waals surface area (Å²) in [7, 11) is 0. The van der Waals surface area contributed by atoms with Gasteiger partial charge in [0.25, 0.3) is 0 Å². The fourth-order valence-electron chi connectivity index (χ4n) is 8.95. The smallest absolute Gasteiger partial charge is 0.548 e. The van der Waals surface area contributed by atoms with Gasteiger partial charge in [0.15, 0.2) is 0 Å². The number of aliphatic hydroxyl groups is 3. The normalized spacial score (nSPS) is 46.3. The molecular formula is C26H42NNaO6. The van der Waals surface area contributed by atoms with Crippen LogP contribution in [0.15, 0.2) is 0 Å². The minimum Gasteiger partial charge on any atom is -0.548 e. The number of nitrogens with one attached hydrogen (secondary N) is 1. The van der Waals surface area contributed by atoms with Crippen LogP contribution in [0.5, 0.6) is 0 Å². The Morgan fingerprint density at radius 2 is 1.76 bits per heavy atom. The molecule has 4 aliphatic rings. The Hall–Kier alpha value is -0.180. The first-order valence-corrected chi connectivity index (χ1v) is 13.0. The Morgan fingerprint density at radius 1 is 1.06 bits per heavy atom. The van der Waals surface area contributed by atoms with Crippen LogP contribution in [0.4, 0.5) is 0 Å². The molecule has 0 aromatic rings. The SMILES string of the molecule is C[C@H](CCC(=O)NCC(=O)[O-])[C@H]1CC[C@H]2[C@@H]3[C@H](O)CC4C[C@H](O)CC[C@]4(C)[C@H]3C[C@H](O)[C@]12C.[Na+]. The van der Waals surface area contributed by atoms with Gasteiger partial charge in [-0.2, -0.15) is 0 Å². The van der Waals surface area contributed by atoms with Crippen LogP contribution in [0.1, 0.15) is 78.6 Å². The van der Waals surface area contributed by atoms with E-state index in [0.29, 0.717) is 18.8 Å². The van der Waals surface area contributed by atoms with Crippen molar-refractivity contribution in [2.45, 2.75) is 96.9 Å². The first kappa shape index (κ1) is 28.4. The van der Waals surface area contributed by atoms with Gasteiger partial charge in [0.05, 0.1) is 30.8 Å². The van der Waals surface area contributed by atoms with Gasteiger partial charge in [-0.3, -0.25) is 4.79 Å². The number of carboxylic acid groups (broad SMARTS) is 1. The van der Waals surface area contributed by atoms with E-state index < -0.39 is 18.6 Å². The van der Waals surface area contributed by atoms with Crippen LogP contribution in [0.3, 0.4) is 0 Å². The summed E-state index contributed by atoms with van der Waals surface area (Å²) in [6, 6.07) is 0. The van der Waals surface area contributed by atoms with Gasteiger partial charge in [-0.25, -0.2) is 0 Å². The molecule has 1 amide bonds. The Kier molecular flexibility index (Phi) is 8.91. The molecule has 0 spiro atoms. The van der Waals surface area contributed by atoms with E-state index in [0.717, 1.165) is 38.5 Å². The number of hydrogen-bond donors (Lipinski definition) is 4. The average molecular weight is 488 g/mol. The van der Waals surface area contributed by atoms with Crippen molar-refractivity contribution in [3.63, 3.8) is 0 Å². The molecule has 0 heterocycles. The number of carboxylic acids is 1. The molecule has 1 unspecified atom stereocenters. The van der Waals surface area contributed by atoms with E-state index in [4.69, 9.17) is 0 Å². The third kappa shape index (κ3) is 4.87. The maximum atomic E-state index is 12.0. The van der Waals surface area contributed by atoms with Crippen LogP contribution in [-0.2, 0) is 9.59 Å². The van der Waals surface area contributed by atoms with Gasteiger partial charge < -0.3 is 30.5 Å². The maximum Gasteiger partial charge on any atom is 1.00 e. The molecular weight excluding hydrogens is 445 g/mol. The van der Waals surface area contributed by atoms with Gasteiger partial charge in [-0.15, -0.1) is 0 Å². The Balaban J connectivity index is 0.00000324. The summed E-state index contributed by atoms with van der Waals surface area (Å²) in [6.45, 7) is 6.21. The van der Waals surface area contributed by atoms with E-state index in [-0.39, 0.29) is 94.5 Å². The summed E-state index contributed by atoms with van der Waals surface area (Å²) in [5, 5.41) is 46.1. The molecule has 0 aliphatic heterocycles. The predicted octanol–water partition coefficient (Wildman–Crippen LogP) is -1.77. The van der Waals surface area contributed by atoms with Crippen molar-refractivity contribution >= 4 is 11.9 Å². The summed E-state index contributed by atoms with van der Waals surface area (Å²) in [6.07, 6.45) is 5.75. The van der Waals surface area contributed by atoms with Crippen molar-refractivity contribution in [2.75, 3.05) is 6.54 Å². The van der Waals surface area contributed by atoms with E-state index in [9.17, 15) is 30.0 Å². The second-order valence-electron chi connectivity index (χ2n) is 12.2. The molecule has 4 aliphatic carbocycles. The zero-order chi connectivity index (χ0) is 24.1. The molecule has 4 saturated carbocycles. The largest absolute Gasteiger partial charge is 1.00 e. The van der Waals surface area contributed by atoms with Crippen molar-refractivity contribution in [3.05, 3.63) is 0 Å². The molecule has 0 bridgehead atoms. The summed E-state index contributed by atoms with van der Waals surface area (Å²) in [5.41, 5.74) is -0.230. The number of aliphatic carboxylic acids is 1. The minimum atomic E-state index is -1.29. The third-order valence-electron chi connectivity index (χ3n) is 10.8. The van der Waals surface area contributed by atoms with Crippen molar-refractivity contribution in [2.24, 2.45) is 46.3 Å². The average Bonchev–Trinajstić information content (AvgIpc) is 3.11. The summed E-state index contributed by atoms with van der Waals surface area (Å²) in [5.74, 6) is -0.0789. The van der Waals surface area contributed by atoms with Crippen LogP contribution in [-0.4, -0.2) is 52.1 Å². The molecule has 0 radical (unpaired) electrons. The molecule has 0 saturated heterocycles. The fraction of sp³-hybridized carbons (Fsp3) is 0.923. The Labute approximate surface area is 225 Å². The molecule has 4 N–H and O–H groups in total. The van der Waals surface area contributed by atoms with Crippen LogP contribution < -0.4 is 40.0 Å². The van der Waals surface area contributed by atoms with Crippen LogP contribution in [0, 0.1) is 46.3 Å². The molecule has 188 valence electrons. The second kappa shape index (κ2) is 10.7. The van der Waals surface area contributed by atoms with Crippen molar-refractivity contribution < 1.29 is 59.6 Å². The van der Waals surface area contributed by atoms with E-state index in [1.54, 1.807) is 0 Å². The van der Waals surface area contributed by atoms with E-state index in [1.807, 2.05) is 0 Å². The number of carbonyl (C=O) groups excluding carboxylic acids is 2. The number of carbonyl (C=O) groups is 2. The predicted molar refractivity (Wildman–Crippen MR) is 120 cm³/mol. The molecule has 7 nitrogen and oxygen atoms in total. The van der Waals surface area contributed by atoms with Crippen molar-refractivity contribution in [3.8, 4) is 0 Å². The van der Waals surface area contributed by atoms with E-state index in [1.165, 1.54) is 0 Å². The molecule has 8 heteroatoms. The molecule has 34 heavy (non-hydrogen) atoms. The van der Waals surface area contributed by atoms with E-state index in [2.05, 4.69) is 26.1 Å². The third-order valence-corrected chi connectivity index (χ3v) is 10.8. The van der Waals surface area contributed by atoms with Gasteiger partial charge in [0.2, 0.25) is 5.91 Å². The van der Waals surface area contributed by atoms with Gasteiger partial charge in [-0.05, 0) is 97.7 Å². The first-order valence-electron chi connectivity index (χ1n) is 13.0. The molecule has 11 atom stereocenters. The van der Waals surface area contributed by atoms with Crippen LogP contribution in [0.25, 0.3) is 0 Å². The number of hydrogen-bond acceptors (Lipinski definition) is 6. The molecule has 0 aromatic heterocycles. The summed E-state index contributed by atoms with van der Waals surface area (Å²) < 4.78 is 0. The van der Waals surface area contributed by atoms with E-state index >= 15 is 0 Å². The fourth-order valence-corrected chi connectivity index (χ4v) is 8.95. The maximum absolute atomic E-state index is 12.0. The standard InChI is InChI=1S/C26H43NO6.Na/c1-14(4-7-22(31)27-13-23(32)33)17-5-6-18-24-19(12-21(30)26(17,18)3)25(2)9-8-16(28)10-15(25)11-20(24)29;/h14-21,24,28-30H,4-13H2,1-3H3,(H,27,31)(H,32,33);/q;+1/p-1/t14-,15?,16-,17-,18+,19+,20-,21+,24+,25+,26-;/m1./s1. The molecule has 4 fully saturated rings. The van der Waals surface area contributed by atoms with Gasteiger partial charge in [-0.1, -0.05) is 20.8 Å². The van der Waals surface area contributed by atoms with Gasteiger partial charge in [0.1, 0.15) is 0 Å². The Morgan fingerprint density at radius 3 is 2.44 bits per heavy atom. The monoisotopic (exact) mass is 487 g/mol. The Bertz CT molecular complexity index is 766. The topological polar surface area (TPSA) is 130 Å². The molecule has 4 rings (SSSR count). The van der Waals surface area contributed by atoms with Crippen molar-refractivity contribution in [1.82, 2.24) is 5.32 Å². The van der Waals surface area contributed by atoms with Crippen LogP contribution in [0.2, 0.25) is 0 Å². The zero-order valence-corrected chi connectivity index (χ0v) is 23.3. The summed E-state index contributed by atoms with van der Waals surface area (Å²) in [4.78, 5) is 22.6. The number of aliphatic hydroxyl groups excluding tert-OH is 3. The number of rotatable bonds is 6. The number of amides is 1. The second-order valence-corrected chi connectivity index (χ2v) is 12.2. The number of fused-ring (bicyclic) bond motifs is 5. The zero-order valence-electron chi connectivity index (χ0n) is 21.3. The van der Waals surface area contributed by atoms with Gasteiger partial charge in [0, 0.05) is 6.42 Å². The van der Waals surface area contributed by atoms with Gasteiger partial charge >= 0.3 is 29.6 Å². The van der Waals surface area contributed by atoms with Crippen LogP contribution >= 0.6 is 0 Å². The first-order chi connectivity index (χ1) is 15.5. The minimum absolute atomic E-state index is 0. The molecule has 0 aromatic carbocycles.